The van der Waals surface area contributed by atoms with Gasteiger partial charge in [0, 0.05) is 12.3 Å². The Morgan fingerprint density at radius 3 is 2.24 bits per heavy atom. The van der Waals surface area contributed by atoms with Gasteiger partial charge in [0.1, 0.15) is 6.04 Å². The van der Waals surface area contributed by atoms with E-state index in [1.807, 2.05) is 12.1 Å². The molecule has 4 nitrogen and oxygen atoms in total. The van der Waals surface area contributed by atoms with Crippen molar-refractivity contribution in [2.24, 2.45) is 11.7 Å². The fraction of sp³-hybridized carbons (Fsp3) is 0.529. The Kier molecular flexibility index (Phi) is 4.35. The number of primary amides is 1. The van der Waals surface area contributed by atoms with Crippen molar-refractivity contribution in [1.82, 2.24) is 5.32 Å². The van der Waals surface area contributed by atoms with E-state index >= 15 is 0 Å². The van der Waals surface area contributed by atoms with Crippen LogP contribution >= 0.6 is 0 Å². The highest BCUT2D eigenvalue weighted by Gasteiger charge is 2.32. The van der Waals surface area contributed by atoms with Crippen molar-refractivity contribution in [2.75, 3.05) is 0 Å². The van der Waals surface area contributed by atoms with Gasteiger partial charge in [0.15, 0.2) is 0 Å². The van der Waals surface area contributed by atoms with Gasteiger partial charge >= 0.3 is 0 Å². The lowest BCUT2D eigenvalue weighted by atomic mass is 9.86. The van der Waals surface area contributed by atoms with Crippen molar-refractivity contribution in [2.45, 2.75) is 51.5 Å². The zero-order chi connectivity index (χ0) is 15.6. The second-order valence-electron chi connectivity index (χ2n) is 6.89. The van der Waals surface area contributed by atoms with Crippen LogP contribution in [0.4, 0.5) is 0 Å². The van der Waals surface area contributed by atoms with Crippen molar-refractivity contribution in [3.8, 4) is 0 Å². The van der Waals surface area contributed by atoms with Gasteiger partial charge in [-0.1, -0.05) is 45.0 Å². The molecule has 114 valence electrons. The molecule has 0 saturated heterocycles. The smallest absolute Gasteiger partial charge is 0.240 e. The van der Waals surface area contributed by atoms with Gasteiger partial charge in [-0.3, -0.25) is 9.59 Å². The van der Waals surface area contributed by atoms with Gasteiger partial charge in [0.2, 0.25) is 11.8 Å². The third-order valence-electron chi connectivity index (χ3n) is 3.87. The maximum Gasteiger partial charge on any atom is 0.240 e. The predicted octanol–water partition coefficient (Wildman–Crippen LogP) is 1.91. The van der Waals surface area contributed by atoms with Crippen molar-refractivity contribution in [1.29, 1.82) is 0 Å². The van der Waals surface area contributed by atoms with Gasteiger partial charge in [-0.15, -0.1) is 0 Å². The second-order valence-corrected chi connectivity index (χ2v) is 6.89. The fourth-order valence-corrected chi connectivity index (χ4v) is 2.23. The quantitative estimate of drug-likeness (QED) is 0.868. The van der Waals surface area contributed by atoms with Gasteiger partial charge in [-0.2, -0.15) is 0 Å². The number of carbonyl (C=O) groups excluding carboxylic acids is 2. The highest BCUT2D eigenvalue weighted by Crippen LogP contribution is 2.29. The summed E-state index contributed by atoms with van der Waals surface area (Å²) in [5.74, 6) is -0.455. The molecule has 0 bridgehead atoms. The summed E-state index contributed by atoms with van der Waals surface area (Å²) in [6.07, 6.45) is 2.27. The van der Waals surface area contributed by atoms with Crippen LogP contribution in [0.1, 0.15) is 44.7 Å². The van der Waals surface area contributed by atoms with E-state index in [0.717, 1.165) is 18.4 Å². The molecule has 0 radical (unpaired) electrons. The Morgan fingerprint density at radius 1 is 1.24 bits per heavy atom. The molecular formula is C17H24N2O2. The molecule has 1 aromatic rings. The zero-order valence-electron chi connectivity index (χ0n) is 13.0. The minimum absolute atomic E-state index is 0.0508. The van der Waals surface area contributed by atoms with E-state index < -0.39 is 11.9 Å². The number of carbonyl (C=O) groups is 2. The Balaban J connectivity index is 2.02. The van der Waals surface area contributed by atoms with E-state index in [1.165, 1.54) is 5.56 Å². The van der Waals surface area contributed by atoms with Crippen molar-refractivity contribution < 1.29 is 9.59 Å². The summed E-state index contributed by atoms with van der Waals surface area (Å²) in [5, 5.41) is 2.76. The second kappa shape index (κ2) is 5.88. The van der Waals surface area contributed by atoms with Gasteiger partial charge in [-0.25, -0.2) is 0 Å². The van der Waals surface area contributed by atoms with Crippen LogP contribution in [0.15, 0.2) is 24.3 Å². The molecule has 0 spiro atoms. The van der Waals surface area contributed by atoms with Crippen LogP contribution in [0.3, 0.4) is 0 Å². The van der Waals surface area contributed by atoms with Crippen molar-refractivity contribution >= 4 is 11.8 Å². The first-order valence-corrected chi connectivity index (χ1v) is 7.46. The third-order valence-corrected chi connectivity index (χ3v) is 3.87. The summed E-state index contributed by atoms with van der Waals surface area (Å²) in [5.41, 5.74) is 7.74. The van der Waals surface area contributed by atoms with E-state index in [2.05, 4.69) is 38.2 Å². The number of nitrogens with one attached hydrogen (secondary N) is 1. The molecular weight excluding hydrogens is 264 g/mol. The monoisotopic (exact) mass is 288 g/mol. The summed E-state index contributed by atoms with van der Waals surface area (Å²) in [6.45, 7) is 6.47. The first-order chi connectivity index (χ1) is 9.77. The number of nitrogens with two attached hydrogens (primary N) is 1. The maximum atomic E-state index is 11.8. The van der Waals surface area contributed by atoms with Crippen LogP contribution in [0.2, 0.25) is 0 Å². The topological polar surface area (TPSA) is 72.2 Å². The average molecular weight is 288 g/mol. The minimum Gasteiger partial charge on any atom is -0.368 e. The van der Waals surface area contributed by atoms with Crippen LogP contribution in [-0.2, 0) is 21.4 Å². The molecule has 1 atom stereocenters. The summed E-state index contributed by atoms with van der Waals surface area (Å²) < 4.78 is 0. The molecule has 1 aliphatic rings. The zero-order valence-corrected chi connectivity index (χ0v) is 13.0. The molecule has 1 saturated carbocycles. The van der Waals surface area contributed by atoms with Crippen LogP contribution in [0.5, 0.6) is 0 Å². The number of hydrogen-bond acceptors (Lipinski definition) is 2. The molecule has 0 unspecified atom stereocenters. The first kappa shape index (κ1) is 15.5. The predicted molar refractivity (Wildman–Crippen MR) is 82.7 cm³/mol. The standard InChI is InChI=1S/C17H24N2O2/c1-17(2,3)13-8-4-11(5-9-13)10-14(15(18)20)19-16(21)12-6-7-12/h4-5,8-9,12,14H,6-7,10H2,1-3H3,(H2,18,20)(H,19,21)/t14-/m0/s1. The van der Waals surface area contributed by atoms with Crippen LogP contribution in [0, 0.1) is 5.92 Å². The number of benzene rings is 1. The maximum absolute atomic E-state index is 11.8. The Hall–Kier alpha value is -1.84. The molecule has 2 rings (SSSR count). The minimum atomic E-state index is -0.626. The van der Waals surface area contributed by atoms with Gasteiger partial charge in [-0.05, 0) is 29.4 Å². The molecule has 4 heteroatoms. The lowest BCUT2D eigenvalue weighted by Crippen LogP contribution is -2.46. The summed E-state index contributed by atoms with van der Waals surface area (Å²) >= 11 is 0. The lowest BCUT2D eigenvalue weighted by Gasteiger charge is -2.20. The van der Waals surface area contributed by atoms with E-state index in [-0.39, 0.29) is 17.2 Å². The molecule has 3 N–H and O–H groups in total. The molecule has 21 heavy (non-hydrogen) atoms. The summed E-state index contributed by atoms with van der Waals surface area (Å²) in [4.78, 5) is 23.3. The summed E-state index contributed by atoms with van der Waals surface area (Å²) in [7, 11) is 0. The molecule has 0 aliphatic heterocycles. The Labute approximate surface area is 126 Å². The fourth-order valence-electron chi connectivity index (χ4n) is 2.23. The average Bonchev–Trinajstić information content (AvgIpc) is 3.21. The van der Waals surface area contributed by atoms with Crippen LogP contribution in [0.25, 0.3) is 0 Å². The van der Waals surface area contributed by atoms with E-state index in [1.54, 1.807) is 0 Å². The number of rotatable bonds is 5. The SMILES string of the molecule is CC(C)(C)c1ccc(C[C@H](NC(=O)C2CC2)C(N)=O)cc1. The molecule has 0 heterocycles. The Bertz CT molecular complexity index is 525. The van der Waals surface area contributed by atoms with E-state index in [0.29, 0.717) is 6.42 Å². The van der Waals surface area contributed by atoms with Crippen LogP contribution < -0.4 is 11.1 Å². The van der Waals surface area contributed by atoms with E-state index in [9.17, 15) is 9.59 Å². The highest BCUT2D eigenvalue weighted by atomic mass is 16.2. The van der Waals surface area contributed by atoms with Gasteiger partial charge in [0.25, 0.3) is 0 Å². The summed E-state index contributed by atoms with van der Waals surface area (Å²) in [6, 6.07) is 7.50. The molecule has 2 amide bonds. The molecule has 1 aliphatic carbocycles. The molecule has 1 aromatic carbocycles. The van der Waals surface area contributed by atoms with Crippen LogP contribution in [-0.4, -0.2) is 17.9 Å². The highest BCUT2D eigenvalue weighted by molar-refractivity contribution is 5.88. The van der Waals surface area contributed by atoms with Crippen molar-refractivity contribution in [3.63, 3.8) is 0 Å². The van der Waals surface area contributed by atoms with Gasteiger partial charge in [0.05, 0.1) is 0 Å². The third kappa shape index (κ3) is 4.31. The molecule has 1 fully saturated rings. The molecule has 0 aromatic heterocycles. The van der Waals surface area contributed by atoms with Crippen molar-refractivity contribution in [3.05, 3.63) is 35.4 Å². The number of hydrogen-bond donors (Lipinski definition) is 2. The largest absolute Gasteiger partial charge is 0.368 e. The van der Waals surface area contributed by atoms with E-state index in [4.69, 9.17) is 5.73 Å². The normalized spacial score (nSPS) is 16.3. The number of amides is 2. The Morgan fingerprint density at radius 2 is 1.81 bits per heavy atom. The first-order valence-electron chi connectivity index (χ1n) is 7.46. The lowest BCUT2D eigenvalue weighted by molar-refractivity contribution is -0.128. The van der Waals surface area contributed by atoms with Gasteiger partial charge < -0.3 is 11.1 Å².